The predicted molar refractivity (Wildman–Crippen MR) is 59.9 cm³/mol. The van der Waals surface area contributed by atoms with E-state index in [1.165, 1.54) is 0 Å². The molecule has 1 aromatic rings. The Hall–Kier alpha value is -1.63. The van der Waals surface area contributed by atoms with Gasteiger partial charge in [-0.3, -0.25) is 0 Å². The fourth-order valence-electron chi connectivity index (χ4n) is 2.10. The van der Waals surface area contributed by atoms with Gasteiger partial charge >= 0.3 is 0 Å². The molecule has 0 unspecified atom stereocenters. The van der Waals surface area contributed by atoms with Crippen LogP contribution >= 0.6 is 0 Å². The van der Waals surface area contributed by atoms with Crippen molar-refractivity contribution in [1.29, 1.82) is 5.26 Å². The van der Waals surface area contributed by atoms with Gasteiger partial charge in [-0.1, -0.05) is 0 Å². The molecule has 1 fully saturated rings. The van der Waals surface area contributed by atoms with Gasteiger partial charge in [0, 0.05) is 19.3 Å². The lowest BCUT2D eigenvalue weighted by atomic mass is 10.2. The molecule has 1 saturated carbocycles. The summed E-state index contributed by atoms with van der Waals surface area (Å²) in [6, 6.07) is 5.81. The van der Waals surface area contributed by atoms with E-state index in [4.69, 9.17) is 5.26 Å². The molecule has 4 heteroatoms. The summed E-state index contributed by atoms with van der Waals surface area (Å²) in [4.78, 5) is 6.20. The standard InChI is InChI=1S/C12H14FN3/c1-16(11-4-3-10(13)6-11)12-5-2-9(7-14)8-15-12/h2,5,8,10-11H,3-4,6H2,1H3/t10-,11+/m0/s1. The second-order valence-corrected chi connectivity index (χ2v) is 4.19. The number of hydrogen-bond donors (Lipinski definition) is 0. The van der Waals surface area contributed by atoms with Gasteiger partial charge in [0.25, 0.3) is 0 Å². The quantitative estimate of drug-likeness (QED) is 0.766. The van der Waals surface area contributed by atoms with Gasteiger partial charge < -0.3 is 4.90 Å². The Balaban J connectivity index is 2.09. The Morgan fingerprint density at radius 1 is 1.50 bits per heavy atom. The van der Waals surface area contributed by atoms with Gasteiger partial charge in [-0.25, -0.2) is 9.37 Å². The first-order chi connectivity index (χ1) is 7.70. The van der Waals surface area contributed by atoms with Gasteiger partial charge in [-0.05, 0) is 31.4 Å². The third-order valence-electron chi connectivity index (χ3n) is 3.13. The molecule has 0 radical (unpaired) electrons. The van der Waals surface area contributed by atoms with Crippen LogP contribution in [0.4, 0.5) is 10.2 Å². The average Bonchev–Trinajstić information content (AvgIpc) is 2.75. The highest BCUT2D eigenvalue weighted by molar-refractivity contribution is 5.42. The number of anilines is 1. The Kier molecular flexibility index (Phi) is 3.04. The highest BCUT2D eigenvalue weighted by Crippen LogP contribution is 2.28. The third-order valence-corrected chi connectivity index (χ3v) is 3.13. The minimum atomic E-state index is -0.675. The van der Waals surface area contributed by atoms with Crippen LogP contribution < -0.4 is 4.90 Å². The topological polar surface area (TPSA) is 39.9 Å². The number of pyridine rings is 1. The van der Waals surface area contributed by atoms with Gasteiger partial charge in [0.15, 0.2) is 0 Å². The minimum Gasteiger partial charge on any atom is -0.357 e. The van der Waals surface area contributed by atoms with E-state index in [1.54, 1.807) is 12.3 Å². The van der Waals surface area contributed by atoms with Crippen LogP contribution in [0.3, 0.4) is 0 Å². The normalized spacial score (nSPS) is 24.1. The summed E-state index contributed by atoms with van der Waals surface area (Å²) in [6.07, 6.45) is 2.97. The number of halogens is 1. The Morgan fingerprint density at radius 3 is 2.81 bits per heavy atom. The molecule has 0 aliphatic heterocycles. The maximum absolute atomic E-state index is 13.1. The molecule has 2 rings (SSSR count). The van der Waals surface area contributed by atoms with Crippen LogP contribution in [0, 0.1) is 11.3 Å². The van der Waals surface area contributed by atoms with Crippen LogP contribution in [-0.4, -0.2) is 24.2 Å². The number of rotatable bonds is 2. The van der Waals surface area contributed by atoms with Crippen LogP contribution in [0.15, 0.2) is 18.3 Å². The molecular weight excluding hydrogens is 205 g/mol. The van der Waals surface area contributed by atoms with E-state index >= 15 is 0 Å². The van der Waals surface area contributed by atoms with Crippen LogP contribution in [0.2, 0.25) is 0 Å². The summed E-state index contributed by atoms with van der Waals surface area (Å²) in [5.41, 5.74) is 0.548. The number of hydrogen-bond acceptors (Lipinski definition) is 3. The first-order valence-corrected chi connectivity index (χ1v) is 5.44. The SMILES string of the molecule is CN(c1ccc(C#N)cn1)[C@@H]1CC[C@H](F)C1. The number of aromatic nitrogens is 1. The molecule has 0 spiro atoms. The molecule has 2 atom stereocenters. The Labute approximate surface area is 94.5 Å². The van der Waals surface area contributed by atoms with E-state index in [0.717, 1.165) is 12.2 Å². The van der Waals surface area contributed by atoms with E-state index in [2.05, 4.69) is 4.98 Å². The zero-order chi connectivity index (χ0) is 11.5. The van der Waals surface area contributed by atoms with Crippen molar-refractivity contribution in [2.24, 2.45) is 0 Å². The van der Waals surface area contributed by atoms with Crippen molar-refractivity contribution in [2.75, 3.05) is 11.9 Å². The van der Waals surface area contributed by atoms with Crippen molar-refractivity contribution in [1.82, 2.24) is 4.98 Å². The lowest BCUT2D eigenvalue weighted by Crippen LogP contribution is -2.30. The molecule has 1 heterocycles. The van der Waals surface area contributed by atoms with Crippen LogP contribution in [0.25, 0.3) is 0 Å². The monoisotopic (exact) mass is 219 g/mol. The number of nitriles is 1. The average molecular weight is 219 g/mol. The molecule has 1 aliphatic rings. The van der Waals surface area contributed by atoms with E-state index in [0.29, 0.717) is 18.4 Å². The summed E-state index contributed by atoms with van der Waals surface area (Å²) < 4.78 is 13.1. The van der Waals surface area contributed by atoms with Crippen molar-refractivity contribution in [3.05, 3.63) is 23.9 Å². The minimum absolute atomic E-state index is 0.232. The summed E-state index contributed by atoms with van der Waals surface area (Å²) in [6.45, 7) is 0. The van der Waals surface area contributed by atoms with Crippen LogP contribution in [0.5, 0.6) is 0 Å². The maximum Gasteiger partial charge on any atom is 0.128 e. The molecule has 3 nitrogen and oxygen atoms in total. The van der Waals surface area contributed by atoms with Crippen molar-refractivity contribution >= 4 is 5.82 Å². The second kappa shape index (κ2) is 4.48. The van der Waals surface area contributed by atoms with E-state index < -0.39 is 6.17 Å². The smallest absolute Gasteiger partial charge is 0.128 e. The largest absolute Gasteiger partial charge is 0.357 e. The molecule has 0 N–H and O–H groups in total. The molecule has 0 saturated heterocycles. The first kappa shape index (κ1) is 10.9. The molecular formula is C12H14FN3. The van der Waals surface area contributed by atoms with Crippen molar-refractivity contribution < 1.29 is 4.39 Å². The van der Waals surface area contributed by atoms with Crippen LogP contribution in [-0.2, 0) is 0 Å². The summed E-state index contributed by atoms with van der Waals surface area (Å²) >= 11 is 0. The van der Waals surface area contributed by atoms with Crippen molar-refractivity contribution in [3.63, 3.8) is 0 Å². The van der Waals surface area contributed by atoms with Crippen molar-refractivity contribution in [3.8, 4) is 6.07 Å². The van der Waals surface area contributed by atoms with E-state index in [-0.39, 0.29) is 6.04 Å². The van der Waals surface area contributed by atoms with Crippen LogP contribution in [0.1, 0.15) is 24.8 Å². The highest BCUT2D eigenvalue weighted by Gasteiger charge is 2.27. The summed E-state index contributed by atoms with van der Waals surface area (Å²) in [7, 11) is 1.93. The summed E-state index contributed by atoms with van der Waals surface area (Å²) in [5.74, 6) is 0.804. The van der Waals surface area contributed by atoms with Gasteiger partial charge in [0.2, 0.25) is 0 Å². The Bertz CT molecular complexity index is 396. The van der Waals surface area contributed by atoms with Gasteiger partial charge in [-0.15, -0.1) is 0 Å². The zero-order valence-electron chi connectivity index (χ0n) is 9.23. The number of nitrogens with zero attached hydrogens (tertiary/aromatic N) is 3. The third kappa shape index (κ3) is 2.13. The van der Waals surface area contributed by atoms with E-state index in [9.17, 15) is 4.39 Å². The molecule has 1 aromatic heterocycles. The molecule has 0 aromatic carbocycles. The molecule has 84 valence electrons. The maximum atomic E-state index is 13.1. The molecule has 16 heavy (non-hydrogen) atoms. The zero-order valence-corrected chi connectivity index (χ0v) is 9.23. The summed E-state index contributed by atoms with van der Waals surface area (Å²) in [5, 5.41) is 8.66. The fraction of sp³-hybridized carbons (Fsp3) is 0.500. The second-order valence-electron chi connectivity index (χ2n) is 4.19. The Morgan fingerprint density at radius 2 is 2.31 bits per heavy atom. The lowest BCUT2D eigenvalue weighted by Gasteiger charge is -2.25. The predicted octanol–water partition coefficient (Wildman–Crippen LogP) is 2.28. The lowest BCUT2D eigenvalue weighted by molar-refractivity contribution is 0.338. The van der Waals surface area contributed by atoms with Crippen molar-refractivity contribution in [2.45, 2.75) is 31.5 Å². The number of alkyl halides is 1. The van der Waals surface area contributed by atoms with E-state index in [1.807, 2.05) is 24.1 Å². The molecule has 0 amide bonds. The first-order valence-electron chi connectivity index (χ1n) is 5.44. The fourth-order valence-corrected chi connectivity index (χ4v) is 2.10. The van der Waals surface area contributed by atoms with Gasteiger partial charge in [0.05, 0.1) is 5.56 Å². The molecule has 0 bridgehead atoms. The van der Waals surface area contributed by atoms with Gasteiger partial charge in [0.1, 0.15) is 18.1 Å². The van der Waals surface area contributed by atoms with Gasteiger partial charge in [-0.2, -0.15) is 5.26 Å². The molecule has 1 aliphatic carbocycles. The highest BCUT2D eigenvalue weighted by atomic mass is 19.1.